The lowest BCUT2D eigenvalue weighted by Crippen LogP contribution is -2.44. The summed E-state index contributed by atoms with van der Waals surface area (Å²) in [7, 11) is 3.28. The number of aliphatic hydroxyl groups is 1. The van der Waals surface area contributed by atoms with Crippen molar-refractivity contribution in [1.82, 2.24) is 15.5 Å². The first-order valence-electron chi connectivity index (χ1n) is 5.89. The Hall–Kier alpha value is -1.18. The van der Waals surface area contributed by atoms with Gasteiger partial charge in [0.2, 0.25) is 5.91 Å². The van der Waals surface area contributed by atoms with E-state index in [1.165, 1.54) is 7.11 Å². The lowest BCUT2D eigenvalue weighted by Gasteiger charge is -2.16. The van der Waals surface area contributed by atoms with Gasteiger partial charge >= 0.3 is 6.03 Å². The molecular weight excluding hydrogens is 238 g/mol. The topological polar surface area (TPSA) is 90.9 Å². The van der Waals surface area contributed by atoms with Gasteiger partial charge in [0.05, 0.1) is 19.3 Å². The molecule has 0 aromatic heterocycles. The molecule has 0 saturated carbocycles. The summed E-state index contributed by atoms with van der Waals surface area (Å²) in [4.78, 5) is 24.4. The number of imide groups is 1. The lowest BCUT2D eigenvalue weighted by molar-refractivity contribution is -0.120. The summed E-state index contributed by atoms with van der Waals surface area (Å²) in [5.74, 6) is -0.377. The first-order valence-corrected chi connectivity index (χ1v) is 5.89. The van der Waals surface area contributed by atoms with Crippen LogP contribution in [0.1, 0.15) is 13.3 Å². The van der Waals surface area contributed by atoms with Crippen LogP contribution in [0, 0.1) is 0 Å². The molecule has 0 spiro atoms. The minimum Gasteiger partial charge on any atom is -0.393 e. The zero-order chi connectivity index (χ0) is 14.0. The van der Waals surface area contributed by atoms with Crippen molar-refractivity contribution in [2.75, 3.05) is 40.4 Å². The number of carbonyl (C=O) groups is 2. The van der Waals surface area contributed by atoms with Gasteiger partial charge in [0.25, 0.3) is 0 Å². The van der Waals surface area contributed by atoms with Gasteiger partial charge in [-0.1, -0.05) is 0 Å². The van der Waals surface area contributed by atoms with Gasteiger partial charge in [0, 0.05) is 20.2 Å². The molecule has 1 unspecified atom stereocenters. The molecule has 7 heteroatoms. The van der Waals surface area contributed by atoms with Crippen LogP contribution >= 0.6 is 0 Å². The summed E-state index contributed by atoms with van der Waals surface area (Å²) in [5, 5.41) is 13.8. The predicted molar refractivity (Wildman–Crippen MR) is 67.2 cm³/mol. The highest BCUT2D eigenvalue weighted by Crippen LogP contribution is 1.92. The van der Waals surface area contributed by atoms with E-state index in [4.69, 9.17) is 9.84 Å². The summed E-state index contributed by atoms with van der Waals surface area (Å²) in [6.07, 6.45) is 0.192. The van der Waals surface area contributed by atoms with Gasteiger partial charge in [-0.15, -0.1) is 0 Å². The Morgan fingerprint density at radius 2 is 2.11 bits per heavy atom. The average Bonchev–Trinajstić information content (AvgIpc) is 2.26. The maximum absolute atomic E-state index is 11.4. The molecule has 0 bridgehead atoms. The molecule has 0 radical (unpaired) electrons. The van der Waals surface area contributed by atoms with Gasteiger partial charge in [-0.25, -0.2) is 4.79 Å². The van der Waals surface area contributed by atoms with Gasteiger partial charge in [-0.2, -0.15) is 0 Å². The molecule has 7 nitrogen and oxygen atoms in total. The molecule has 0 fully saturated rings. The molecule has 0 rings (SSSR count). The fourth-order valence-corrected chi connectivity index (χ4v) is 1.21. The monoisotopic (exact) mass is 261 g/mol. The van der Waals surface area contributed by atoms with Crippen LogP contribution in [0.3, 0.4) is 0 Å². The van der Waals surface area contributed by atoms with E-state index in [0.29, 0.717) is 26.1 Å². The maximum atomic E-state index is 11.4. The molecule has 3 amide bonds. The van der Waals surface area contributed by atoms with Crippen molar-refractivity contribution in [3.8, 4) is 0 Å². The van der Waals surface area contributed by atoms with Gasteiger partial charge < -0.3 is 15.2 Å². The van der Waals surface area contributed by atoms with Gasteiger partial charge in [-0.05, 0) is 20.4 Å². The molecule has 0 aliphatic rings. The van der Waals surface area contributed by atoms with Crippen LogP contribution < -0.4 is 10.6 Å². The van der Waals surface area contributed by atoms with Crippen molar-refractivity contribution in [3.05, 3.63) is 0 Å². The Morgan fingerprint density at radius 3 is 2.67 bits per heavy atom. The van der Waals surface area contributed by atoms with Crippen LogP contribution in [0.25, 0.3) is 0 Å². The number of urea groups is 1. The zero-order valence-corrected chi connectivity index (χ0v) is 11.2. The summed E-state index contributed by atoms with van der Waals surface area (Å²) in [6.45, 7) is 3.15. The lowest BCUT2D eigenvalue weighted by atomic mass is 10.3. The second kappa shape index (κ2) is 9.81. The highest BCUT2D eigenvalue weighted by Gasteiger charge is 2.10. The predicted octanol–water partition coefficient (Wildman–Crippen LogP) is -0.839. The van der Waals surface area contributed by atoms with Gasteiger partial charge in [0.1, 0.15) is 0 Å². The van der Waals surface area contributed by atoms with Crippen molar-refractivity contribution in [1.29, 1.82) is 0 Å². The minimum absolute atomic E-state index is 0.115. The fourth-order valence-electron chi connectivity index (χ4n) is 1.21. The van der Waals surface area contributed by atoms with E-state index in [-0.39, 0.29) is 12.5 Å². The molecular formula is C11H23N3O4. The minimum atomic E-state index is -0.527. The largest absolute Gasteiger partial charge is 0.393 e. The number of methoxy groups -OCH3 is 1. The van der Waals surface area contributed by atoms with E-state index < -0.39 is 12.1 Å². The van der Waals surface area contributed by atoms with Gasteiger partial charge in [0.15, 0.2) is 0 Å². The number of likely N-dealkylation sites (N-methyl/N-ethyl adjacent to an activating group) is 1. The second-order valence-corrected chi connectivity index (χ2v) is 4.17. The summed E-state index contributed by atoms with van der Waals surface area (Å²) in [5.41, 5.74) is 0. The van der Waals surface area contributed by atoms with Crippen LogP contribution in [0.4, 0.5) is 4.79 Å². The SMILES string of the molecule is COCCNC(=O)NC(=O)CN(C)CCC(C)O. The Bertz CT molecular complexity index is 259. The smallest absolute Gasteiger partial charge is 0.321 e. The molecule has 18 heavy (non-hydrogen) atoms. The van der Waals surface area contributed by atoms with E-state index in [1.807, 2.05) is 0 Å². The van der Waals surface area contributed by atoms with Crippen LogP contribution in [0.5, 0.6) is 0 Å². The molecule has 0 aliphatic heterocycles. The van der Waals surface area contributed by atoms with Crippen molar-refractivity contribution >= 4 is 11.9 Å². The Labute approximate surface area is 107 Å². The summed E-state index contributed by atoms with van der Waals surface area (Å²) >= 11 is 0. The molecule has 106 valence electrons. The molecule has 0 aromatic carbocycles. The standard InChI is InChI=1S/C11H23N3O4/c1-9(15)4-6-14(2)8-10(16)13-11(17)12-5-7-18-3/h9,15H,4-8H2,1-3H3,(H2,12,13,16,17). The number of carbonyl (C=O) groups excluding carboxylic acids is 2. The summed E-state index contributed by atoms with van der Waals surface area (Å²) < 4.78 is 4.76. The third kappa shape index (κ3) is 10.0. The number of amides is 3. The summed E-state index contributed by atoms with van der Waals surface area (Å²) in [6, 6.07) is -0.527. The fraction of sp³-hybridized carbons (Fsp3) is 0.818. The van der Waals surface area contributed by atoms with Crippen molar-refractivity contribution in [3.63, 3.8) is 0 Å². The zero-order valence-electron chi connectivity index (χ0n) is 11.2. The molecule has 0 aliphatic carbocycles. The Kier molecular flexibility index (Phi) is 9.17. The first-order chi connectivity index (χ1) is 8.45. The number of rotatable bonds is 8. The highest BCUT2D eigenvalue weighted by molar-refractivity contribution is 5.95. The van der Waals surface area contributed by atoms with Crippen LogP contribution in [-0.2, 0) is 9.53 Å². The molecule has 1 atom stereocenters. The number of nitrogens with one attached hydrogen (secondary N) is 2. The third-order valence-electron chi connectivity index (χ3n) is 2.19. The Balaban J connectivity index is 3.71. The van der Waals surface area contributed by atoms with Crippen molar-refractivity contribution in [2.45, 2.75) is 19.4 Å². The third-order valence-corrected chi connectivity index (χ3v) is 2.19. The van der Waals surface area contributed by atoms with Crippen molar-refractivity contribution in [2.24, 2.45) is 0 Å². The van der Waals surface area contributed by atoms with Gasteiger partial charge in [-0.3, -0.25) is 15.0 Å². The molecule has 0 saturated heterocycles. The van der Waals surface area contributed by atoms with Crippen LogP contribution in [0.2, 0.25) is 0 Å². The van der Waals surface area contributed by atoms with E-state index >= 15 is 0 Å². The molecule has 0 heterocycles. The van der Waals surface area contributed by atoms with E-state index in [9.17, 15) is 9.59 Å². The number of hydrogen-bond acceptors (Lipinski definition) is 5. The average molecular weight is 261 g/mol. The maximum Gasteiger partial charge on any atom is 0.321 e. The van der Waals surface area contributed by atoms with Crippen LogP contribution in [0.15, 0.2) is 0 Å². The molecule has 3 N–H and O–H groups in total. The Morgan fingerprint density at radius 1 is 1.44 bits per heavy atom. The first kappa shape index (κ1) is 16.8. The normalized spacial score (nSPS) is 12.3. The second-order valence-electron chi connectivity index (χ2n) is 4.17. The van der Waals surface area contributed by atoms with E-state index in [0.717, 1.165) is 0 Å². The number of hydrogen-bond donors (Lipinski definition) is 3. The van der Waals surface area contributed by atoms with E-state index in [1.54, 1.807) is 18.9 Å². The number of aliphatic hydroxyl groups excluding tert-OH is 1. The highest BCUT2D eigenvalue weighted by atomic mass is 16.5. The van der Waals surface area contributed by atoms with Crippen LogP contribution in [-0.4, -0.2) is 68.4 Å². The van der Waals surface area contributed by atoms with Crippen molar-refractivity contribution < 1.29 is 19.4 Å². The van der Waals surface area contributed by atoms with E-state index in [2.05, 4.69) is 10.6 Å². The number of nitrogens with zero attached hydrogens (tertiary/aromatic N) is 1. The quantitative estimate of drug-likeness (QED) is 0.496. The number of ether oxygens (including phenoxy) is 1. The molecule has 0 aromatic rings.